The third kappa shape index (κ3) is 4.72. The first-order valence-corrected chi connectivity index (χ1v) is 5.84. The van der Waals surface area contributed by atoms with Gasteiger partial charge < -0.3 is 15.7 Å². The number of nitrogens with two attached hydrogens (primary N) is 1. The molecule has 94 valence electrons. The highest BCUT2D eigenvalue weighted by Gasteiger charge is 2.02. The van der Waals surface area contributed by atoms with Crippen molar-refractivity contribution < 1.29 is 9.94 Å². The standard InChI is InChI=1S/C12H19N3O2/c1-2-3-4-5-8-17-10-6-7-14-11(9-10)12(13)15-16/h6-7,9,16H,2-5,8H2,1H3,(H2,13,15). The number of oxime groups is 1. The van der Waals surface area contributed by atoms with E-state index >= 15 is 0 Å². The Bertz CT molecular complexity index is 367. The van der Waals surface area contributed by atoms with Gasteiger partial charge in [-0.15, -0.1) is 0 Å². The summed E-state index contributed by atoms with van der Waals surface area (Å²) in [6.45, 7) is 2.85. The van der Waals surface area contributed by atoms with Crippen molar-refractivity contribution >= 4 is 5.84 Å². The Morgan fingerprint density at radius 1 is 1.47 bits per heavy atom. The monoisotopic (exact) mass is 237 g/mol. The predicted molar refractivity (Wildman–Crippen MR) is 66.4 cm³/mol. The molecule has 0 fully saturated rings. The first kappa shape index (κ1) is 13.3. The fourth-order valence-electron chi connectivity index (χ4n) is 1.41. The van der Waals surface area contributed by atoms with E-state index in [2.05, 4.69) is 17.1 Å². The smallest absolute Gasteiger partial charge is 0.188 e. The Morgan fingerprint density at radius 3 is 3.00 bits per heavy atom. The first-order valence-electron chi connectivity index (χ1n) is 5.84. The van der Waals surface area contributed by atoms with Gasteiger partial charge in [-0.1, -0.05) is 31.3 Å². The zero-order valence-corrected chi connectivity index (χ0v) is 10.1. The maximum atomic E-state index is 8.53. The van der Waals surface area contributed by atoms with E-state index in [1.54, 1.807) is 18.3 Å². The quantitative estimate of drug-likeness (QED) is 0.250. The summed E-state index contributed by atoms with van der Waals surface area (Å²) in [5.74, 6) is 0.680. The summed E-state index contributed by atoms with van der Waals surface area (Å²) in [6.07, 6.45) is 6.23. The molecule has 0 aliphatic rings. The lowest BCUT2D eigenvalue weighted by Gasteiger charge is -2.06. The second-order valence-corrected chi connectivity index (χ2v) is 3.77. The molecule has 1 heterocycles. The van der Waals surface area contributed by atoms with E-state index in [1.807, 2.05) is 0 Å². The minimum absolute atomic E-state index is 0.0126. The summed E-state index contributed by atoms with van der Waals surface area (Å²) in [4.78, 5) is 3.97. The number of hydrogen-bond donors (Lipinski definition) is 2. The molecule has 17 heavy (non-hydrogen) atoms. The fraction of sp³-hybridized carbons (Fsp3) is 0.500. The topological polar surface area (TPSA) is 80.7 Å². The van der Waals surface area contributed by atoms with Crippen LogP contribution in [0.5, 0.6) is 5.75 Å². The molecule has 0 bridgehead atoms. The largest absolute Gasteiger partial charge is 0.493 e. The van der Waals surface area contributed by atoms with Gasteiger partial charge in [0.1, 0.15) is 11.4 Å². The van der Waals surface area contributed by atoms with Crippen molar-refractivity contribution in [1.82, 2.24) is 4.98 Å². The molecule has 0 amide bonds. The maximum absolute atomic E-state index is 8.53. The highest BCUT2D eigenvalue weighted by atomic mass is 16.5. The molecular weight excluding hydrogens is 218 g/mol. The lowest BCUT2D eigenvalue weighted by Crippen LogP contribution is -2.14. The molecule has 1 aromatic heterocycles. The summed E-state index contributed by atoms with van der Waals surface area (Å²) < 4.78 is 5.56. The van der Waals surface area contributed by atoms with E-state index in [0.29, 0.717) is 18.1 Å². The fourth-order valence-corrected chi connectivity index (χ4v) is 1.41. The van der Waals surface area contributed by atoms with Crippen LogP contribution in [0, 0.1) is 0 Å². The van der Waals surface area contributed by atoms with E-state index in [1.165, 1.54) is 19.3 Å². The molecule has 0 saturated heterocycles. The maximum Gasteiger partial charge on any atom is 0.188 e. The molecule has 5 heteroatoms. The summed E-state index contributed by atoms with van der Waals surface area (Å²) >= 11 is 0. The normalized spacial score (nSPS) is 11.5. The summed E-state index contributed by atoms with van der Waals surface area (Å²) in [5, 5.41) is 11.4. The van der Waals surface area contributed by atoms with Crippen molar-refractivity contribution in [2.45, 2.75) is 32.6 Å². The van der Waals surface area contributed by atoms with Crippen LogP contribution in [-0.4, -0.2) is 22.6 Å². The van der Waals surface area contributed by atoms with Crippen LogP contribution in [0.1, 0.15) is 38.3 Å². The van der Waals surface area contributed by atoms with Gasteiger partial charge in [-0.2, -0.15) is 0 Å². The highest BCUT2D eigenvalue weighted by molar-refractivity contribution is 5.95. The number of hydrogen-bond acceptors (Lipinski definition) is 4. The molecule has 3 N–H and O–H groups in total. The molecule has 1 aromatic rings. The molecule has 0 aliphatic heterocycles. The number of rotatable bonds is 7. The average molecular weight is 237 g/mol. The second kappa shape index (κ2) is 7.49. The molecule has 5 nitrogen and oxygen atoms in total. The van der Waals surface area contributed by atoms with E-state index in [9.17, 15) is 0 Å². The molecule has 0 radical (unpaired) electrons. The van der Waals surface area contributed by atoms with Crippen LogP contribution in [0.15, 0.2) is 23.5 Å². The van der Waals surface area contributed by atoms with Crippen LogP contribution in [-0.2, 0) is 0 Å². The molecule has 0 atom stereocenters. The van der Waals surface area contributed by atoms with E-state index < -0.39 is 0 Å². The van der Waals surface area contributed by atoms with Crippen molar-refractivity contribution in [3.63, 3.8) is 0 Å². The van der Waals surface area contributed by atoms with Crippen LogP contribution in [0.2, 0.25) is 0 Å². The molecular formula is C12H19N3O2. The van der Waals surface area contributed by atoms with Gasteiger partial charge in [-0.25, -0.2) is 0 Å². The van der Waals surface area contributed by atoms with Crippen LogP contribution in [0.3, 0.4) is 0 Å². The van der Waals surface area contributed by atoms with E-state index in [4.69, 9.17) is 15.7 Å². The van der Waals surface area contributed by atoms with Crippen molar-refractivity contribution in [3.05, 3.63) is 24.0 Å². The predicted octanol–water partition coefficient (Wildman–Crippen LogP) is 2.14. The SMILES string of the molecule is CCCCCCOc1ccnc(C(N)=NO)c1. The Morgan fingerprint density at radius 2 is 2.29 bits per heavy atom. The Labute approximate surface area is 101 Å². The molecule has 0 spiro atoms. The number of ether oxygens (including phenoxy) is 1. The van der Waals surface area contributed by atoms with E-state index in [0.717, 1.165) is 6.42 Å². The van der Waals surface area contributed by atoms with Gasteiger partial charge in [-0.05, 0) is 12.5 Å². The number of amidine groups is 1. The third-order valence-corrected chi connectivity index (χ3v) is 2.37. The molecule has 1 rings (SSSR count). The third-order valence-electron chi connectivity index (χ3n) is 2.37. The van der Waals surface area contributed by atoms with Gasteiger partial charge in [0.2, 0.25) is 0 Å². The molecule has 0 unspecified atom stereocenters. The minimum atomic E-state index is -0.0126. The van der Waals surface area contributed by atoms with Gasteiger partial charge >= 0.3 is 0 Å². The summed E-state index contributed by atoms with van der Waals surface area (Å²) in [7, 11) is 0. The zero-order chi connectivity index (χ0) is 12.5. The first-order chi connectivity index (χ1) is 8.27. The second-order valence-electron chi connectivity index (χ2n) is 3.77. The van der Waals surface area contributed by atoms with Crippen LogP contribution >= 0.6 is 0 Å². The van der Waals surface area contributed by atoms with Crippen molar-refractivity contribution in [2.24, 2.45) is 10.9 Å². The van der Waals surface area contributed by atoms with Gasteiger partial charge in [0.05, 0.1) is 6.61 Å². The summed E-state index contributed by atoms with van der Waals surface area (Å²) in [6, 6.07) is 3.42. The number of nitrogens with zero attached hydrogens (tertiary/aromatic N) is 2. The Kier molecular flexibility index (Phi) is 5.85. The number of pyridine rings is 1. The lowest BCUT2D eigenvalue weighted by molar-refractivity contribution is 0.304. The van der Waals surface area contributed by atoms with Gasteiger partial charge in [-0.3, -0.25) is 4.98 Å². The minimum Gasteiger partial charge on any atom is -0.493 e. The van der Waals surface area contributed by atoms with Crippen molar-refractivity contribution in [3.8, 4) is 5.75 Å². The van der Waals surface area contributed by atoms with Crippen LogP contribution < -0.4 is 10.5 Å². The average Bonchev–Trinajstić information content (AvgIpc) is 2.38. The zero-order valence-electron chi connectivity index (χ0n) is 10.1. The van der Waals surface area contributed by atoms with Crippen molar-refractivity contribution in [2.75, 3.05) is 6.61 Å². The number of aromatic nitrogens is 1. The highest BCUT2D eigenvalue weighted by Crippen LogP contribution is 2.11. The molecule has 0 saturated carbocycles. The van der Waals surface area contributed by atoms with E-state index in [-0.39, 0.29) is 5.84 Å². The van der Waals surface area contributed by atoms with Gasteiger partial charge in [0.25, 0.3) is 0 Å². The van der Waals surface area contributed by atoms with Crippen LogP contribution in [0.4, 0.5) is 0 Å². The van der Waals surface area contributed by atoms with Gasteiger partial charge in [0.15, 0.2) is 5.84 Å². The van der Waals surface area contributed by atoms with Crippen LogP contribution in [0.25, 0.3) is 0 Å². The molecule has 0 aliphatic carbocycles. The summed E-state index contributed by atoms with van der Waals surface area (Å²) in [5.41, 5.74) is 5.85. The Hall–Kier alpha value is -1.78. The Balaban J connectivity index is 2.43. The van der Waals surface area contributed by atoms with Gasteiger partial charge in [0, 0.05) is 12.3 Å². The molecule has 0 aromatic carbocycles. The van der Waals surface area contributed by atoms with Crippen molar-refractivity contribution in [1.29, 1.82) is 0 Å². The lowest BCUT2D eigenvalue weighted by atomic mass is 10.2. The number of unbranched alkanes of at least 4 members (excludes halogenated alkanes) is 3.